The van der Waals surface area contributed by atoms with Crippen LogP contribution in [0.1, 0.15) is 40.0 Å². The van der Waals surface area contributed by atoms with E-state index < -0.39 is 0 Å². The molecule has 86 valence electrons. The minimum Gasteiger partial charge on any atom is -0.303 e. The van der Waals surface area contributed by atoms with Crippen LogP contribution in [0, 0.1) is 5.92 Å². The predicted octanol–water partition coefficient (Wildman–Crippen LogP) is 2.34. The fourth-order valence-electron chi connectivity index (χ4n) is 0.939. The van der Waals surface area contributed by atoms with Gasteiger partial charge in [0.25, 0.3) is 0 Å². The summed E-state index contributed by atoms with van der Waals surface area (Å²) >= 11 is 0. The highest BCUT2D eigenvalue weighted by atomic mass is 16.2. The second-order valence-electron chi connectivity index (χ2n) is 3.64. The van der Waals surface area contributed by atoms with Crippen LogP contribution in [0.15, 0.2) is 11.6 Å². The summed E-state index contributed by atoms with van der Waals surface area (Å²) in [5, 5.41) is 0. The molecule has 0 aliphatic carbocycles. The van der Waals surface area contributed by atoms with E-state index in [9.17, 15) is 4.79 Å². The molecule has 0 aromatic rings. The Balaban J connectivity index is 0. The molecule has 0 spiro atoms. The Kier molecular flexibility index (Phi) is 13.8. The van der Waals surface area contributed by atoms with E-state index in [-0.39, 0.29) is 12.6 Å². The van der Waals surface area contributed by atoms with Crippen molar-refractivity contribution in [3.05, 3.63) is 11.6 Å². The lowest BCUT2D eigenvalue weighted by Crippen LogP contribution is -1.93. The predicted molar refractivity (Wildman–Crippen MR) is 60.6 cm³/mol. The van der Waals surface area contributed by atoms with E-state index in [1.807, 2.05) is 0 Å². The Morgan fingerprint density at radius 2 is 1.67 bits per heavy atom. The van der Waals surface area contributed by atoms with Crippen LogP contribution in [0.2, 0.25) is 0 Å². The number of hydrogen-bond acceptors (Lipinski definition) is 3. The molecule has 0 aliphatic rings. The van der Waals surface area contributed by atoms with Crippen LogP contribution in [0.4, 0.5) is 0 Å². The molecule has 1 atom stereocenters. The first-order valence-electron chi connectivity index (χ1n) is 5.04. The Bertz CT molecular complexity index is 197. The Hall–Kier alpha value is -1.25. The third-order valence-electron chi connectivity index (χ3n) is 1.77. The monoisotopic (exact) mass is 212 g/mol. The summed E-state index contributed by atoms with van der Waals surface area (Å²) in [6, 6.07) is 0. The van der Waals surface area contributed by atoms with Crippen LogP contribution >= 0.6 is 0 Å². The SMILES string of the molecule is CC(C)=CCCC(C)CC=O.O=CC=O. The highest BCUT2D eigenvalue weighted by Crippen LogP contribution is 2.09. The van der Waals surface area contributed by atoms with Crippen molar-refractivity contribution in [1.29, 1.82) is 0 Å². The number of aldehydes is 3. The average molecular weight is 212 g/mol. The van der Waals surface area contributed by atoms with Crippen LogP contribution in [-0.4, -0.2) is 18.9 Å². The van der Waals surface area contributed by atoms with E-state index in [0.29, 0.717) is 12.3 Å². The lowest BCUT2D eigenvalue weighted by molar-refractivity contribution is -0.122. The summed E-state index contributed by atoms with van der Waals surface area (Å²) in [6.07, 6.45) is 6.56. The van der Waals surface area contributed by atoms with Gasteiger partial charge >= 0.3 is 0 Å². The molecule has 0 saturated heterocycles. The van der Waals surface area contributed by atoms with Crippen molar-refractivity contribution in [3.63, 3.8) is 0 Å². The highest BCUT2D eigenvalue weighted by molar-refractivity contribution is 6.09. The van der Waals surface area contributed by atoms with Crippen molar-refractivity contribution < 1.29 is 14.4 Å². The number of carbonyl (C=O) groups excluding carboxylic acids is 3. The van der Waals surface area contributed by atoms with E-state index in [0.717, 1.165) is 19.1 Å². The summed E-state index contributed by atoms with van der Waals surface area (Å²) in [7, 11) is 0. The zero-order chi connectivity index (χ0) is 12.1. The molecule has 0 bridgehead atoms. The van der Waals surface area contributed by atoms with Gasteiger partial charge in [0.15, 0.2) is 12.6 Å². The standard InChI is InChI=1S/C10H18O.C2H2O2/c1-9(2)5-4-6-10(3)7-8-11;3-1-2-4/h5,8,10H,4,6-7H2,1-3H3;1-2H. The quantitative estimate of drug-likeness (QED) is 0.386. The maximum Gasteiger partial charge on any atom is 0.182 e. The number of carbonyl (C=O) groups is 3. The highest BCUT2D eigenvalue weighted by Gasteiger charge is 1.98. The van der Waals surface area contributed by atoms with E-state index in [2.05, 4.69) is 26.8 Å². The molecule has 3 heteroatoms. The van der Waals surface area contributed by atoms with Gasteiger partial charge in [-0.05, 0) is 32.6 Å². The second-order valence-corrected chi connectivity index (χ2v) is 3.64. The van der Waals surface area contributed by atoms with Gasteiger partial charge in [0.2, 0.25) is 0 Å². The van der Waals surface area contributed by atoms with Crippen LogP contribution in [-0.2, 0) is 14.4 Å². The maximum atomic E-state index is 10.1. The van der Waals surface area contributed by atoms with Crippen molar-refractivity contribution in [2.45, 2.75) is 40.0 Å². The topological polar surface area (TPSA) is 51.2 Å². The Morgan fingerprint density at radius 3 is 2.00 bits per heavy atom. The molecule has 0 heterocycles. The Morgan fingerprint density at radius 1 is 1.13 bits per heavy atom. The van der Waals surface area contributed by atoms with Gasteiger partial charge in [0.1, 0.15) is 6.29 Å². The average Bonchev–Trinajstić information content (AvgIpc) is 2.18. The van der Waals surface area contributed by atoms with Gasteiger partial charge in [-0.2, -0.15) is 0 Å². The molecule has 0 aromatic carbocycles. The van der Waals surface area contributed by atoms with E-state index in [1.54, 1.807) is 0 Å². The van der Waals surface area contributed by atoms with Gasteiger partial charge in [-0.15, -0.1) is 0 Å². The summed E-state index contributed by atoms with van der Waals surface area (Å²) in [5.41, 5.74) is 1.36. The largest absolute Gasteiger partial charge is 0.303 e. The first-order chi connectivity index (χ1) is 7.08. The summed E-state index contributed by atoms with van der Waals surface area (Å²) in [5.74, 6) is 0.545. The van der Waals surface area contributed by atoms with Gasteiger partial charge < -0.3 is 4.79 Å². The number of rotatable bonds is 6. The van der Waals surface area contributed by atoms with Crippen molar-refractivity contribution in [2.24, 2.45) is 5.92 Å². The molecule has 0 radical (unpaired) electrons. The molecule has 0 aromatic heterocycles. The third kappa shape index (κ3) is 19.2. The normalized spacial score (nSPS) is 10.3. The van der Waals surface area contributed by atoms with Crippen molar-refractivity contribution >= 4 is 18.9 Å². The molecule has 0 saturated carbocycles. The first-order valence-corrected chi connectivity index (χ1v) is 5.04. The van der Waals surface area contributed by atoms with Crippen LogP contribution < -0.4 is 0 Å². The number of allylic oxidation sites excluding steroid dienone is 2. The van der Waals surface area contributed by atoms with Crippen molar-refractivity contribution in [1.82, 2.24) is 0 Å². The van der Waals surface area contributed by atoms with Gasteiger partial charge in [0.05, 0.1) is 0 Å². The summed E-state index contributed by atoms with van der Waals surface area (Å²) < 4.78 is 0. The second kappa shape index (κ2) is 12.8. The molecular weight excluding hydrogens is 192 g/mol. The Labute approximate surface area is 91.6 Å². The smallest absolute Gasteiger partial charge is 0.182 e. The van der Waals surface area contributed by atoms with Gasteiger partial charge in [0, 0.05) is 6.42 Å². The van der Waals surface area contributed by atoms with E-state index in [1.165, 1.54) is 5.57 Å². The molecule has 0 N–H and O–H groups in total. The maximum absolute atomic E-state index is 10.1. The van der Waals surface area contributed by atoms with Crippen molar-refractivity contribution in [2.75, 3.05) is 0 Å². The summed E-state index contributed by atoms with van der Waals surface area (Å²) in [6.45, 7) is 6.32. The lowest BCUT2D eigenvalue weighted by atomic mass is 10.0. The first kappa shape index (κ1) is 16.2. The molecular formula is C12H20O3. The van der Waals surface area contributed by atoms with Crippen LogP contribution in [0.25, 0.3) is 0 Å². The molecule has 0 fully saturated rings. The number of hydrogen-bond donors (Lipinski definition) is 0. The fourth-order valence-corrected chi connectivity index (χ4v) is 0.939. The minimum absolute atomic E-state index is 0.194. The van der Waals surface area contributed by atoms with E-state index in [4.69, 9.17) is 9.59 Å². The molecule has 0 amide bonds. The van der Waals surface area contributed by atoms with Crippen LogP contribution in [0.3, 0.4) is 0 Å². The zero-order valence-electron chi connectivity index (χ0n) is 9.73. The molecule has 0 rings (SSSR count). The molecule has 1 unspecified atom stereocenters. The summed E-state index contributed by atoms with van der Waals surface area (Å²) in [4.78, 5) is 27.7. The minimum atomic E-state index is 0.194. The van der Waals surface area contributed by atoms with E-state index >= 15 is 0 Å². The molecule has 0 aliphatic heterocycles. The van der Waals surface area contributed by atoms with Gasteiger partial charge in [-0.1, -0.05) is 18.6 Å². The van der Waals surface area contributed by atoms with Crippen molar-refractivity contribution in [3.8, 4) is 0 Å². The lowest BCUT2D eigenvalue weighted by Gasteiger charge is -2.03. The van der Waals surface area contributed by atoms with Crippen LogP contribution in [0.5, 0.6) is 0 Å². The molecule has 15 heavy (non-hydrogen) atoms. The molecule has 3 nitrogen and oxygen atoms in total. The third-order valence-corrected chi connectivity index (χ3v) is 1.77. The zero-order valence-corrected chi connectivity index (χ0v) is 9.73. The van der Waals surface area contributed by atoms with Gasteiger partial charge in [-0.3, -0.25) is 9.59 Å². The van der Waals surface area contributed by atoms with Gasteiger partial charge in [-0.25, -0.2) is 0 Å². The fraction of sp³-hybridized carbons (Fsp3) is 0.583.